The fourth-order valence-corrected chi connectivity index (χ4v) is 2.28. The highest BCUT2D eigenvalue weighted by atomic mass is 16.1. The van der Waals surface area contributed by atoms with E-state index < -0.39 is 0 Å². The van der Waals surface area contributed by atoms with Crippen molar-refractivity contribution in [2.75, 3.05) is 0 Å². The molecule has 0 saturated carbocycles. The van der Waals surface area contributed by atoms with Crippen LogP contribution < -0.4 is 5.32 Å². The number of carbonyl (C=O) groups excluding carboxylic acids is 1. The third-order valence-electron chi connectivity index (χ3n) is 3.18. The van der Waals surface area contributed by atoms with E-state index in [-0.39, 0.29) is 11.9 Å². The molecule has 0 saturated heterocycles. The lowest BCUT2D eigenvalue weighted by molar-refractivity contribution is -0.116. The van der Waals surface area contributed by atoms with Gasteiger partial charge in [0.25, 0.3) is 5.91 Å². The van der Waals surface area contributed by atoms with Crippen LogP contribution in [0.3, 0.4) is 0 Å². The largest absolute Gasteiger partial charge is 0.337 e. The maximum Gasteiger partial charge on any atom is 0.296 e. The average Bonchev–Trinajstić information content (AvgIpc) is 2.74. The minimum Gasteiger partial charge on any atom is -0.337 e. The van der Waals surface area contributed by atoms with Crippen molar-refractivity contribution in [2.24, 2.45) is 0 Å². The van der Waals surface area contributed by atoms with Crippen molar-refractivity contribution in [2.45, 2.75) is 52.1 Å². The van der Waals surface area contributed by atoms with Crippen molar-refractivity contribution in [3.05, 3.63) is 17.5 Å². The molecule has 96 valence electrons. The van der Waals surface area contributed by atoms with E-state index >= 15 is 0 Å². The van der Waals surface area contributed by atoms with Crippen LogP contribution in [0.1, 0.15) is 57.0 Å². The van der Waals surface area contributed by atoms with Gasteiger partial charge in [0, 0.05) is 12.2 Å². The number of aromatic nitrogens is 2. The van der Waals surface area contributed by atoms with Gasteiger partial charge in [0.1, 0.15) is 0 Å². The Balaban J connectivity index is 2.21. The SMILES string of the molecule is CC#CC(=O)NC1CCCc2cn(C(C)C)nc21. The molecule has 0 aromatic carbocycles. The van der Waals surface area contributed by atoms with E-state index in [1.165, 1.54) is 5.56 Å². The second kappa shape index (κ2) is 5.26. The number of nitrogens with one attached hydrogen (secondary N) is 1. The van der Waals surface area contributed by atoms with Crippen LogP contribution in [-0.4, -0.2) is 15.7 Å². The minimum absolute atomic E-state index is 0.0158. The van der Waals surface area contributed by atoms with Gasteiger partial charge in [0.15, 0.2) is 0 Å². The van der Waals surface area contributed by atoms with E-state index in [0.717, 1.165) is 25.0 Å². The molecule has 0 radical (unpaired) electrons. The maximum atomic E-state index is 11.5. The molecule has 4 nitrogen and oxygen atoms in total. The molecule has 2 rings (SSSR count). The molecule has 1 aromatic rings. The predicted molar refractivity (Wildman–Crippen MR) is 69.9 cm³/mol. The van der Waals surface area contributed by atoms with Gasteiger partial charge in [-0.3, -0.25) is 9.48 Å². The van der Waals surface area contributed by atoms with Gasteiger partial charge >= 0.3 is 0 Å². The standard InChI is InChI=1S/C14H19N3O/c1-4-6-13(18)15-12-8-5-7-11-9-17(10(2)3)16-14(11)12/h9-10,12H,5,7-8H2,1-3H3,(H,15,18). The third kappa shape index (κ3) is 2.56. The van der Waals surface area contributed by atoms with Crippen LogP contribution in [0.15, 0.2) is 6.20 Å². The van der Waals surface area contributed by atoms with Crippen LogP contribution >= 0.6 is 0 Å². The predicted octanol–water partition coefficient (Wildman–Crippen LogP) is 1.98. The number of nitrogens with zero attached hydrogens (tertiary/aromatic N) is 2. The molecule has 1 N–H and O–H groups in total. The summed E-state index contributed by atoms with van der Waals surface area (Å²) in [4.78, 5) is 11.5. The van der Waals surface area contributed by atoms with Gasteiger partial charge in [0.05, 0.1) is 11.7 Å². The van der Waals surface area contributed by atoms with Crippen LogP contribution in [0.2, 0.25) is 0 Å². The van der Waals surface area contributed by atoms with Gasteiger partial charge < -0.3 is 5.32 Å². The summed E-state index contributed by atoms with van der Waals surface area (Å²) < 4.78 is 1.97. The number of amides is 1. The Morgan fingerprint density at radius 3 is 3.06 bits per heavy atom. The molecule has 0 spiro atoms. The second-order valence-electron chi connectivity index (χ2n) is 4.91. The van der Waals surface area contributed by atoms with Crippen molar-refractivity contribution < 1.29 is 4.79 Å². The normalized spacial score (nSPS) is 17.9. The summed E-state index contributed by atoms with van der Waals surface area (Å²) in [6.45, 7) is 5.88. The highest BCUT2D eigenvalue weighted by molar-refractivity contribution is 5.93. The van der Waals surface area contributed by atoms with Gasteiger partial charge in [-0.25, -0.2) is 0 Å². The molecule has 1 aliphatic carbocycles. The molecule has 0 aliphatic heterocycles. The summed E-state index contributed by atoms with van der Waals surface area (Å²) in [5, 5.41) is 7.54. The minimum atomic E-state index is -0.213. The summed E-state index contributed by atoms with van der Waals surface area (Å²) in [6, 6.07) is 0.365. The summed E-state index contributed by atoms with van der Waals surface area (Å²) in [7, 11) is 0. The first-order valence-corrected chi connectivity index (χ1v) is 6.43. The number of fused-ring (bicyclic) bond motifs is 1. The molecule has 0 fully saturated rings. The van der Waals surface area contributed by atoms with E-state index in [2.05, 4.69) is 42.3 Å². The molecule has 1 atom stereocenters. The third-order valence-corrected chi connectivity index (χ3v) is 3.18. The van der Waals surface area contributed by atoms with Gasteiger partial charge in [-0.15, -0.1) is 0 Å². The topological polar surface area (TPSA) is 46.9 Å². The van der Waals surface area contributed by atoms with Crippen LogP contribution in [0.5, 0.6) is 0 Å². The zero-order valence-corrected chi connectivity index (χ0v) is 11.2. The molecule has 1 aromatic heterocycles. The monoisotopic (exact) mass is 245 g/mol. The molecule has 1 unspecified atom stereocenters. The van der Waals surface area contributed by atoms with Crippen molar-refractivity contribution in [1.29, 1.82) is 0 Å². The van der Waals surface area contributed by atoms with Crippen molar-refractivity contribution in [1.82, 2.24) is 15.1 Å². The van der Waals surface area contributed by atoms with Gasteiger partial charge in [0.2, 0.25) is 0 Å². The fraction of sp³-hybridized carbons (Fsp3) is 0.571. The molecular weight excluding hydrogens is 226 g/mol. The molecule has 0 bridgehead atoms. The number of hydrogen-bond acceptors (Lipinski definition) is 2. The lowest BCUT2D eigenvalue weighted by Gasteiger charge is -2.21. The Bertz CT molecular complexity index is 505. The molecule has 1 heterocycles. The first kappa shape index (κ1) is 12.7. The lowest BCUT2D eigenvalue weighted by atomic mass is 9.94. The van der Waals surface area contributed by atoms with E-state index in [0.29, 0.717) is 6.04 Å². The number of carbonyl (C=O) groups is 1. The second-order valence-corrected chi connectivity index (χ2v) is 4.91. The van der Waals surface area contributed by atoms with Gasteiger partial charge in [-0.2, -0.15) is 5.10 Å². The molecule has 4 heteroatoms. The molecule has 1 aliphatic rings. The van der Waals surface area contributed by atoms with Gasteiger partial charge in [-0.1, -0.05) is 5.92 Å². The van der Waals surface area contributed by atoms with E-state index in [1.807, 2.05) is 4.68 Å². The smallest absolute Gasteiger partial charge is 0.296 e. The van der Waals surface area contributed by atoms with Crippen LogP contribution in [0.4, 0.5) is 0 Å². The summed E-state index contributed by atoms with van der Waals surface area (Å²) >= 11 is 0. The molecule has 1 amide bonds. The van der Waals surface area contributed by atoms with E-state index in [9.17, 15) is 4.79 Å². The average molecular weight is 245 g/mol. The Labute approximate surface area is 108 Å². The zero-order chi connectivity index (χ0) is 13.1. The Kier molecular flexibility index (Phi) is 3.71. The van der Waals surface area contributed by atoms with Crippen molar-refractivity contribution >= 4 is 5.91 Å². The highest BCUT2D eigenvalue weighted by Crippen LogP contribution is 2.29. The summed E-state index contributed by atoms with van der Waals surface area (Å²) in [5.41, 5.74) is 2.27. The zero-order valence-electron chi connectivity index (χ0n) is 11.2. The van der Waals surface area contributed by atoms with Crippen LogP contribution in [0.25, 0.3) is 0 Å². The Morgan fingerprint density at radius 1 is 1.61 bits per heavy atom. The number of rotatable bonds is 2. The fourth-order valence-electron chi connectivity index (χ4n) is 2.28. The molecular formula is C14H19N3O. The first-order valence-electron chi connectivity index (χ1n) is 6.43. The first-order chi connectivity index (χ1) is 8.61. The van der Waals surface area contributed by atoms with E-state index in [1.54, 1.807) is 6.92 Å². The van der Waals surface area contributed by atoms with E-state index in [4.69, 9.17) is 0 Å². The Hall–Kier alpha value is -1.76. The molecule has 18 heavy (non-hydrogen) atoms. The van der Waals surface area contributed by atoms with Crippen molar-refractivity contribution in [3.63, 3.8) is 0 Å². The Morgan fingerprint density at radius 2 is 2.39 bits per heavy atom. The number of aryl methyl sites for hydroxylation is 1. The van der Waals surface area contributed by atoms with Crippen LogP contribution in [-0.2, 0) is 11.2 Å². The lowest BCUT2D eigenvalue weighted by Crippen LogP contribution is -2.30. The maximum absolute atomic E-state index is 11.5. The quantitative estimate of drug-likeness (QED) is 0.810. The summed E-state index contributed by atoms with van der Waals surface area (Å²) in [6.07, 6.45) is 5.18. The van der Waals surface area contributed by atoms with Gasteiger partial charge in [-0.05, 0) is 51.5 Å². The summed E-state index contributed by atoms with van der Waals surface area (Å²) in [5.74, 6) is 4.92. The number of hydrogen-bond donors (Lipinski definition) is 1. The van der Waals surface area contributed by atoms with Crippen LogP contribution in [0, 0.1) is 11.8 Å². The van der Waals surface area contributed by atoms with Crippen molar-refractivity contribution in [3.8, 4) is 11.8 Å². The highest BCUT2D eigenvalue weighted by Gasteiger charge is 2.25.